The third-order valence-corrected chi connectivity index (χ3v) is 3.15. The molecule has 2 nitrogen and oxygen atoms in total. The highest BCUT2D eigenvalue weighted by Gasteiger charge is 2.09. The van der Waals surface area contributed by atoms with Gasteiger partial charge in [0.05, 0.1) is 0 Å². The molecule has 1 aromatic carbocycles. The molecular formula is C14H12BrNO. The van der Waals surface area contributed by atoms with Crippen LogP contribution in [0.5, 0.6) is 0 Å². The van der Waals surface area contributed by atoms with Crippen LogP contribution in [0.2, 0.25) is 0 Å². The van der Waals surface area contributed by atoms with Crippen molar-refractivity contribution in [2.45, 2.75) is 13.3 Å². The first-order valence-corrected chi connectivity index (χ1v) is 6.14. The highest BCUT2D eigenvalue weighted by atomic mass is 79.9. The minimum atomic E-state index is 0.109. The minimum Gasteiger partial charge on any atom is -0.294 e. The molecule has 17 heavy (non-hydrogen) atoms. The molecule has 0 bridgehead atoms. The Hall–Kier alpha value is -1.48. The average Bonchev–Trinajstić information content (AvgIpc) is 2.32. The predicted molar refractivity (Wildman–Crippen MR) is 71.2 cm³/mol. The second kappa shape index (κ2) is 5.23. The summed E-state index contributed by atoms with van der Waals surface area (Å²) in [7, 11) is 0. The second-order valence-corrected chi connectivity index (χ2v) is 4.83. The van der Waals surface area contributed by atoms with Gasteiger partial charge in [-0.3, -0.25) is 9.78 Å². The zero-order valence-corrected chi connectivity index (χ0v) is 11.1. The Morgan fingerprint density at radius 2 is 1.94 bits per heavy atom. The molecule has 0 radical (unpaired) electrons. The number of aryl methyl sites for hydroxylation is 1. The van der Waals surface area contributed by atoms with Gasteiger partial charge in [0.1, 0.15) is 0 Å². The van der Waals surface area contributed by atoms with Crippen molar-refractivity contribution >= 4 is 21.7 Å². The molecule has 1 heterocycles. The Balaban J connectivity index is 2.17. The summed E-state index contributed by atoms with van der Waals surface area (Å²) in [6.07, 6.45) is 3.75. The molecule has 2 aromatic rings. The van der Waals surface area contributed by atoms with E-state index in [2.05, 4.69) is 20.9 Å². The number of benzene rings is 1. The van der Waals surface area contributed by atoms with Crippen LogP contribution in [0.4, 0.5) is 0 Å². The molecule has 0 atom stereocenters. The smallest absolute Gasteiger partial charge is 0.169 e. The molecule has 0 saturated carbocycles. The molecule has 0 unspecified atom stereocenters. The summed E-state index contributed by atoms with van der Waals surface area (Å²) in [5, 5.41) is 0. The highest BCUT2D eigenvalue weighted by Crippen LogP contribution is 2.14. The summed E-state index contributed by atoms with van der Waals surface area (Å²) in [6, 6.07) is 9.65. The maximum atomic E-state index is 12.1. The number of carbonyl (C=O) groups is 1. The first kappa shape index (κ1) is 12.0. The van der Waals surface area contributed by atoms with Gasteiger partial charge in [0, 0.05) is 28.9 Å². The van der Waals surface area contributed by atoms with E-state index in [1.807, 2.05) is 37.3 Å². The zero-order chi connectivity index (χ0) is 12.3. The lowest BCUT2D eigenvalue weighted by Crippen LogP contribution is -2.06. The van der Waals surface area contributed by atoms with E-state index in [0.717, 1.165) is 15.6 Å². The number of nitrogens with zero attached hydrogens (tertiary/aromatic N) is 1. The van der Waals surface area contributed by atoms with E-state index in [1.54, 1.807) is 12.4 Å². The summed E-state index contributed by atoms with van der Waals surface area (Å²) < 4.78 is 1.02. The van der Waals surface area contributed by atoms with Crippen molar-refractivity contribution < 1.29 is 4.79 Å². The summed E-state index contributed by atoms with van der Waals surface area (Å²) in [5.41, 5.74) is 2.69. The van der Waals surface area contributed by atoms with Crippen LogP contribution in [0.1, 0.15) is 21.5 Å². The molecule has 0 saturated heterocycles. The number of Topliss-reactive ketones (excluding diaryl/α,β-unsaturated/α-hetero) is 1. The Labute approximate surface area is 109 Å². The van der Waals surface area contributed by atoms with Crippen LogP contribution in [-0.4, -0.2) is 10.8 Å². The van der Waals surface area contributed by atoms with Gasteiger partial charge < -0.3 is 0 Å². The van der Waals surface area contributed by atoms with Gasteiger partial charge in [-0.15, -0.1) is 0 Å². The standard InChI is InChI=1S/C14H12BrNO/c1-10-6-7-16-9-13(10)14(17)8-11-2-4-12(15)5-3-11/h2-7,9H,8H2,1H3. The molecule has 0 fully saturated rings. The van der Waals surface area contributed by atoms with Crippen LogP contribution in [0.15, 0.2) is 47.2 Å². The van der Waals surface area contributed by atoms with Crippen molar-refractivity contribution in [1.82, 2.24) is 4.98 Å². The number of carbonyl (C=O) groups excluding carboxylic acids is 1. The molecule has 3 heteroatoms. The fourth-order valence-electron chi connectivity index (χ4n) is 1.64. The Morgan fingerprint density at radius 3 is 2.59 bits per heavy atom. The molecule has 0 amide bonds. The SMILES string of the molecule is Cc1ccncc1C(=O)Cc1ccc(Br)cc1. The third-order valence-electron chi connectivity index (χ3n) is 2.62. The van der Waals surface area contributed by atoms with Crippen molar-refractivity contribution in [3.05, 3.63) is 63.9 Å². The first-order chi connectivity index (χ1) is 8.16. The largest absolute Gasteiger partial charge is 0.294 e. The molecule has 2 rings (SSSR count). The number of aromatic nitrogens is 1. The Kier molecular flexibility index (Phi) is 3.69. The summed E-state index contributed by atoms with van der Waals surface area (Å²) in [5.74, 6) is 0.109. The van der Waals surface area contributed by atoms with E-state index in [9.17, 15) is 4.79 Å². The molecule has 0 N–H and O–H groups in total. The molecular weight excluding hydrogens is 278 g/mol. The van der Waals surface area contributed by atoms with Crippen molar-refractivity contribution in [1.29, 1.82) is 0 Å². The maximum Gasteiger partial charge on any atom is 0.169 e. The van der Waals surface area contributed by atoms with E-state index in [1.165, 1.54) is 0 Å². The number of pyridine rings is 1. The quantitative estimate of drug-likeness (QED) is 0.809. The van der Waals surface area contributed by atoms with Crippen molar-refractivity contribution in [3.63, 3.8) is 0 Å². The lowest BCUT2D eigenvalue weighted by atomic mass is 10.0. The van der Waals surface area contributed by atoms with Gasteiger partial charge in [0.2, 0.25) is 0 Å². The molecule has 0 aliphatic heterocycles. The molecule has 1 aromatic heterocycles. The van der Waals surface area contributed by atoms with E-state index >= 15 is 0 Å². The maximum absolute atomic E-state index is 12.1. The predicted octanol–water partition coefficient (Wildman–Crippen LogP) is 3.58. The lowest BCUT2D eigenvalue weighted by molar-refractivity contribution is 0.0992. The fraction of sp³-hybridized carbons (Fsp3) is 0.143. The Morgan fingerprint density at radius 1 is 1.24 bits per heavy atom. The van der Waals surface area contributed by atoms with Crippen molar-refractivity contribution in [2.24, 2.45) is 0 Å². The van der Waals surface area contributed by atoms with Gasteiger partial charge in [-0.2, -0.15) is 0 Å². The van der Waals surface area contributed by atoms with Gasteiger partial charge >= 0.3 is 0 Å². The first-order valence-electron chi connectivity index (χ1n) is 5.35. The fourth-order valence-corrected chi connectivity index (χ4v) is 1.90. The zero-order valence-electron chi connectivity index (χ0n) is 9.48. The number of rotatable bonds is 3. The van der Waals surface area contributed by atoms with E-state index in [4.69, 9.17) is 0 Å². The number of halogens is 1. The van der Waals surface area contributed by atoms with Crippen LogP contribution in [0.3, 0.4) is 0 Å². The van der Waals surface area contributed by atoms with Crippen LogP contribution < -0.4 is 0 Å². The third kappa shape index (κ3) is 3.01. The van der Waals surface area contributed by atoms with Crippen LogP contribution in [-0.2, 0) is 6.42 Å². The van der Waals surface area contributed by atoms with E-state index < -0.39 is 0 Å². The second-order valence-electron chi connectivity index (χ2n) is 3.92. The minimum absolute atomic E-state index is 0.109. The number of ketones is 1. The van der Waals surface area contributed by atoms with Crippen LogP contribution in [0.25, 0.3) is 0 Å². The number of hydrogen-bond donors (Lipinski definition) is 0. The molecule has 0 aliphatic carbocycles. The van der Waals surface area contributed by atoms with Gasteiger partial charge in [-0.05, 0) is 36.2 Å². The van der Waals surface area contributed by atoms with Gasteiger partial charge in [-0.25, -0.2) is 0 Å². The topological polar surface area (TPSA) is 30.0 Å². The van der Waals surface area contributed by atoms with Crippen LogP contribution >= 0.6 is 15.9 Å². The summed E-state index contributed by atoms with van der Waals surface area (Å²) in [4.78, 5) is 16.1. The average molecular weight is 290 g/mol. The number of hydrogen-bond acceptors (Lipinski definition) is 2. The molecule has 0 spiro atoms. The normalized spacial score (nSPS) is 10.2. The van der Waals surface area contributed by atoms with Crippen molar-refractivity contribution in [3.8, 4) is 0 Å². The lowest BCUT2D eigenvalue weighted by Gasteiger charge is -2.04. The van der Waals surface area contributed by atoms with E-state index in [-0.39, 0.29) is 5.78 Å². The summed E-state index contributed by atoms with van der Waals surface area (Å²) in [6.45, 7) is 1.93. The van der Waals surface area contributed by atoms with Gasteiger partial charge in [0.25, 0.3) is 0 Å². The molecule has 86 valence electrons. The van der Waals surface area contributed by atoms with Crippen molar-refractivity contribution in [2.75, 3.05) is 0 Å². The van der Waals surface area contributed by atoms with E-state index in [0.29, 0.717) is 12.0 Å². The molecule has 0 aliphatic rings. The van der Waals surface area contributed by atoms with Gasteiger partial charge in [-0.1, -0.05) is 28.1 Å². The highest BCUT2D eigenvalue weighted by molar-refractivity contribution is 9.10. The summed E-state index contributed by atoms with van der Waals surface area (Å²) >= 11 is 3.37. The van der Waals surface area contributed by atoms with Gasteiger partial charge in [0.15, 0.2) is 5.78 Å². The van der Waals surface area contributed by atoms with Crippen LogP contribution in [0, 0.1) is 6.92 Å². The Bertz CT molecular complexity index is 534. The monoisotopic (exact) mass is 289 g/mol.